The highest BCUT2D eigenvalue weighted by molar-refractivity contribution is 5.05. The van der Waals surface area contributed by atoms with E-state index in [0.29, 0.717) is 5.92 Å². The van der Waals surface area contributed by atoms with Crippen molar-refractivity contribution in [1.29, 1.82) is 0 Å². The highest BCUT2D eigenvalue weighted by Gasteiger charge is 2.41. The number of fused-ring (bicyclic) bond motifs is 1. The van der Waals surface area contributed by atoms with E-state index < -0.39 is 0 Å². The number of imidazole rings is 1. The maximum atomic E-state index is 9.95. The van der Waals surface area contributed by atoms with Crippen LogP contribution >= 0.6 is 0 Å². The van der Waals surface area contributed by atoms with E-state index in [1.165, 1.54) is 25.0 Å². The molecule has 0 bridgehead atoms. The minimum atomic E-state index is -0.0478. The lowest BCUT2D eigenvalue weighted by Gasteiger charge is -2.18. The molecular weight excluding hydrogens is 226 g/mol. The lowest BCUT2D eigenvalue weighted by Crippen LogP contribution is -2.25. The van der Waals surface area contributed by atoms with Crippen molar-refractivity contribution in [2.45, 2.75) is 44.4 Å². The molecule has 3 unspecified atom stereocenters. The van der Waals surface area contributed by atoms with Gasteiger partial charge in [0.1, 0.15) is 0 Å². The predicted octanol–water partition coefficient (Wildman–Crippen LogP) is 1.42. The second-order valence-corrected chi connectivity index (χ2v) is 6.29. The molecule has 1 aromatic heterocycles. The minimum absolute atomic E-state index is 0.0478. The van der Waals surface area contributed by atoms with Crippen LogP contribution in [-0.4, -0.2) is 38.8 Å². The summed E-state index contributed by atoms with van der Waals surface area (Å²) < 4.78 is 2.35. The normalized spacial score (nSPS) is 36.2. The Balaban J connectivity index is 1.45. The number of rotatable bonds is 3. The summed E-state index contributed by atoms with van der Waals surface area (Å²) in [5.41, 5.74) is 1.35. The van der Waals surface area contributed by atoms with Crippen molar-refractivity contribution in [1.82, 2.24) is 14.5 Å². The third kappa shape index (κ3) is 1.79. The molecule has 98 valence electrons. The monoisotopic (exact) mass is 247 g/mol. The molecule has 1 aromatic rings. The highest BCUT2D eigenvalue weighted by atomic mass is 16.3. The molecule has 4 rings (SSSR count). The zero-order valence-corrected chi connectivity index (χ0v) is 10.7. The minimum Gasteiger partial charge on any atom is -0.393 e. The number of likely N-dealkylation sites (tertiary alicyclic amines) is 1. The summed E-state index contributed by atoms with van der Waals surface area (Å²) in [6, 6.07) is 0.718. The largest absolute Gasteiger partial charge is 0.393 e. The zero-order valence-electron chi connectivity index (χ0n) is 10.7. The smallest absolute Gasteiger partial charge is 0.0951 e. The van der Waals surface area contributed by atoms with Crippen molar-refractivity contribution in [3.8, 4) is 0 Å². The maximum Gasteiger partial charge on any atom is 0.0951 e. The standard InChI is InChI=1S/C14H21N3O/c18-14-4-1-10-6-16(8-13(10)14)7-12-5-15-9-17(12)11-2-3-11/h5,9-11,13-14,18H,1-4,6-8H2. The van der Waals surface area contributed by atoms with Crippen molar-refractivity contribution in [2.24, 2.45) is 11.8 Å². The molecule has 0 spiro atoms. The van der Waals surface area contributed by atoms with Crippen molar-refractivity contribution >= 4 is 0 Å². The van der Waals surface area contributed by atoms with Gasteiger partial charge in [0.2, 0.25) is 0 Å². The Morgan fingerprint density at radius 2 is 2.11 bits per heavy atom. The van der Waals surface area contributed by atoms with Crippen LogP contribution in [0, 0.1) is 11.8 Å². The Morgan fingerprint density at radius 3 is 2.89 bits per heavy atom. The van der Waals surface area contributed by atoms with Crippen molar-refractivity contribution in [3.63, 3.8) is 0 Å². The van der Waals surface area contributed by atoms with Crippen LogP contribution in [0.5, 0.6) is 0 Å². The summed E-state index contributed by atoms with van der Waals surface area (Å²) in [6.07, 6.45) is 8.81. The van der Waals surface area contributed by atoms with Gasteiger partial charge in [-0.3, -0.25) is 4.90 Å². The van der Waals surface area contributed by atoms with Crippen LogP contribution < -0.4 is 0 Å². The fourth-order valence-corrected chi connectivity index (χ4v) is 3.82. The Labute approximate surface area is 108 Å². The van der Waals surface area contributed by atoms with E-state index in [4.69, 9.17) is 0 Å². The van der Waals surface area contributed by atoms with Gasteiger partial charge in [-0.25, -0.2) is 4.98 Å². The first-order chi connectivity index (χ1) is 8.81. The second kappa shape index (κ2) is 4.07. The van der Waals surface area contributed by atoms with Crippen LogP contribution in [0.2, 0.25) is 0 Å². The summed E-state index contributed by atoms with van der Waals surface area (Å²) in [5, 5.41) is 9.95. The highest BCUT2D eigenvalue weighted by Crippen LogP contribution is 2.39. The zero-order chi connectivity index (χ0) is 12.1. The predicted molar refractivity (Wildman–Crippen MR) is 68.0 cm³/mol. The molecule has 3 fully saturated rings. The maximum absolute atomic E-state index is 9.95. The van der Waals surface area contributed by atoms with Gasteiger partial charge < -0.3 is 9.67 Å². The van der Waals surface area contributed by atoms with Gasteiger partial charge >= 0.3 is 0 Å². The molecule has 2 saturated carbocycles. The Bertz CT molecular complexity index is 440. The van der Waals surface area contributed by atoms with Crippen LogP contribution in [0.1, 0.15) is 37.4 Å². The first-order valence-electron chi connectivity index (χ1n) is 7.22. The van der Waals surface area contributed by atoms with Crippen LogP contribution in [-0.2, 0) is 6.54 Å². The summed E-state index contributed by atoms with van der Waals surface area (Å²) in [4.78, 5) is 6.81. The number of hydrogen-bond donors (Lipinski definition) is 1. The van der Waals surface area contributed by atoms with Crippen molar-refractivity contribution < 1.29 is 5.11 Å². The van der Waals surface area contributed by atoms with Gasteiger partial charge in [-0.2, -0.15) is 0 Å². The van der Waals surface area contributed by atoms with Gasteiger partial charge in [-0.05, 0) is 31.6 Å². The van der Waals surface area contributed by atoms with E-state index >= 15 is 0 Å². The first kappa shape index (κ1) is 11.0. The van der Waals surface area contributed by atoms with Crippen molar-refractivity contribution in [3.05, 3.63) is 18.2 Å². The quantitative estimate of drug-likeness (QED) is 0.878. The molecule has 2 aliphatic carbocycles. The lowest BCUT2D eigenvalue weighted by molar-refractivity contribution is 0.123. The molecule has 1 N–H and O–H groups in total. The summed E-state index contributed by atoms with van der Waals surface area (Å²) in [5.74, 6) is 1.26. The van der Waals surface area contributed by atoms with Gasteiger partial charge in [-0.15, -0.1) is 0 Å². The molecule has 0 amide bonds. The molecule has 3 aliphatic rings. The van der Waals surface area contributed by atoms with E-state index in [-0.39, 0.29) is 6.10 Å². The van der Waals surface area contributed by atoms with E-state index in [1.54, 1.807) is 0 Å². The molecule has 3 atom stereocenters. The van der Waals surface area contributed by atoms with E-state index in [0.717, 1.165) is 38.0 Å². The summed E-state index contributed by atoms with van der Waals surface area (Å²) in [7, 11) is 0. The summed E-state index contributed by atoms with van der Waals surface area (Å²) in [6.45, 7) is 3.25. The Kier molecular flexibility index (Phi) is 2.49. The number of aliphatic hydroxyl groups excluding tert-OH is 1. The van der Waals surface area contributed by atoms with E-state index in [2.05, 4.69) is 14.5 Å². The molecule has 2 heterocycles. The van der Waals surface area contributed by atoms with Gasteiger partial charge in [0, 0.05) is 37.8 Å². The van der Waals surface area contributed by atoms with Crippen LogP contribution in [0.15, 0.2) is 12.5 Å². The SMILES string of the molecule is OC1CCC2CN(Cc3cncn3C3CC3)CC12. The fourth-order valence-electron chi connectivity index (χ4n) is 3.82. The summed E-state index contributed by atoms with van der Waals surface area (Å²) >= 11 is 0. The number of nitrogens with zero attached hydrogens (tertiary/aromatic N) is 3. The van der Waals surface area contributed by atoms with Crippen molar-refractivity contribution in [2.75, 3.05) is 13.1 Å². The van der Waals surface area contributed by atoms with Gasteiger partial charge in [0.25, 0.3) is 0 Å². The molecule has 4 heteroatoms. The average Bonchev–Trinajstić information content (AvgIpc) is 2.81. The van der Waals surface area contributed by atoms with E-state index in [9.17, 15) is 5.11 Å². The molecule has 0 radical (unpaired) electrons. The third-order valence-corrected chi connectivity index (χ3v) is 4.97. The van der Waals surface area contributed by atoms with Gasteiger partial charge in [0.15, 0.2) is 0 Å². The first-order valence-corrected chi connectivity index (χ1v) is 7.22. The van der Waals surface area contributed by atoms with Crippen LogP contribution in [0.25, 0.3) is 0 Å². The molecule has 1 saturated heterocycles. The Hall–Kier alpha value is -0.870. The van der Waals surface area contributed by atoms with Gasteiger partial charge in [-0.1, -0.05) is 0 Å². The fraction of sp³-hybridized carbons (Fsp3) is 0.786. The second-order valence-electron chi connectivity index (χ2n) is 6.29. The van der Waals surface area contributed by atoms with E-state index in [1.807, 2.05) is 12.5 Å². The third-order valence-electron chi connectivity index (χ3n) is 4.97. The molecular formula is C14H21N3O. The topological polar surface area (TPSA) is 41.3 Å². The number of aromatic nitrogens is 2. The Morgan fingerprint density at radius 1 is 1.22 bits per heavy atom. The van der Waals surface area contributed by atoms with Crippen LogP contribution in [0.4, 0.5) is 0 Å². The average molecular weight is 247 g/mol. The van der Waals surface area contributed by atoms with Crippen LogP contribution in [0.3, 0.4) is 0 Å². The number of aliphatic hydroxyl groups is 1. The molecule has 18 heavy (non-hydrogen) atoms. The lowest BCUT2D eigenvalue weighted by atomic mass is 10.00. The van der Waals surface area contributed by atoms with Gasteiger partial charge in [0.05, 0.1) is 18.1 Å². The number of hydrogen-bond acceptors (Lipinski definition) is 3. The molecule has 4 nitrogen and oxygen atoms in total. The molecule has 0 aromatic carbocycles. The molecule has 1 aliphatic heterocycles.